The van der Waals surface area contributed by atoms with Crippen LogP contribution in [-0.2, 0) is 4.79 Å². The van der Waals surface area contributed by atoms with Crippen molar-refractivity contribution in [1.82, 2.24) is 0 Å². The van der Waals surface area contributed by atoms with Crippen molar-refractivity contribution in [3.63, 3.8) is 0 Å². The maximum Gasteiger partial charge on any atom is 0.226 e. The van der Waals surface area contributed by atoms with Gasteiger partial charge in [0.15, 0.2) is 0 Å². The van der Waals surface area contributed by atoms with Crippen LogP contribution in [0, 0.1) is 0 Å². The molecule has 0 aliphatic carbocycles. The van der Waals surface area contributed by atoms with Gasteiger partial charge in [-0.05, 0) is 26.0 Å². The molecule has 1 heterocycles. The smallest absolute Gasteiger partial charge is 0.226 e. The molecule has 1 aromatic carbocycles. The predicted molar refractivity (Wildman–Crippen MR) is 68.7 cm³/mol. The van der Waals surface area contributed by atoms with Gasteiger partial charge in [-0.15, -0.1) is 0 Å². The summed E-state index contributed by atoms with van der Waals surface area (Å²) in [6, 6.07) is 5.83. The van der Waals surface area contributed by atoms with E-state index in [1.165, 1.54) is 0 Å². The topological polar surface area (TPSA) is 41.6 Å². The minimum absolute atomic E-state index is 0.0374. The molecule has 1 N–H and O–H groups in total. The fourth-order valence-corrected chi connectivity index (χ4v) is 1.91. The lowest BCUT2D eigenvalue weighted by Gasteiger charge is -2.21. The third-order valence-electron chi connectivity index (χ3n) is 2.72. The molecule has 1 amide bonds. The molecule has 1 aromatic rings. The van der Waals surface area contributed by atoms with Gasteiger partial charge in [-0.1, -0.05) is 6.07 Å². The largest absolute Gasteiger partial charge is 0.489 e. The average Bonchev–Trinajstić information content (AvgIpc) is 2.40. The van der Waals surface area contributed by atoms with Gasteiger partial charge < -0.3 is 15.0 Å². The lowest BCUT2D eigenvalue weighted by atomic mass is 10.2. The van der Waals surface area contributed by atoms with Crippen LogP contribution in [0.15, 0.2) is 18.2 Å². The molecule has 17 heavy (non-hydrogen) atoms. The molecule has 4 heteroatoms. The molecule has 0 saturated carbocycles. The first-order chi connectivity index (χ1) is 8.08. The van der Waals surface area contributed by atoms with Gasteiger partial charge in [-0.25, -0.2) is 0 Å². The zero-order valence-electron chi connectivity index (χ0n) is 10.5. The van der Waals surface area contributed by atoms with Crippen molar-refractivity contribution in [2.75, 3.05) is 23.8 Å². The normalized spacial score (nSPS) is 15.3. The van der Waals surface area contributed by atoms with E-state index < -0.39 is 0 Å². The molecule has 2 rings (SSSR count). The summed E-state index contributed by atoms with van der Waals surface area (Å²) in [7, 11) is 1.98. The molecule has 0 atom stereocenters. The monoisotopic (exact) mass is 234 g/mol. The summed E-state index contributed by atoms with van der Waals surface area (Å²) in [5, 5.41) is 2.92. The Morgan fingerprint density at radius 3 is 2.88 bits per heavy atom. The van der Waals surface area contributed by atoms with Gasteiger partial charge in [0, 0.05) is 20.0 Å². The molecular formula is C13H18N2O2. The van der Waals surface area contributed by atoms with E-state index in [2.05, 4.69) is 10.2 Å². The molecule has 0 saturated heterocycles. The fraction of sp³-hybridized carbons (Fsp3) is 0.462. The molecule has 0 fully saturated rings. The minimum atomic E-state index is 0.0374. The number of carbonyl (C=O) groups excluding carboxylic acids is 1. The van der Waals surface area contributed by atoms with Gasteiger partial charge in [-0.2, -0.15) is 0 Å². The molecule has 92 valence electrons. The first-order valence-corrected chi connectivity index (χ1v) is 5.88. The summed E-state index contributed by atoms with van der Waals surface area (Å²) >= 11 is 0. The van der Waals surface area contributed by atoms with Gasteiger partial charge in [0.25, 0.3) is 0 Å². The van der Waals surface area contributed by atoms with Crippen LogP contribution in [0.3, 0.4) is 0 Å². The molecule has 0 spiro atoms. The Bertz CT molecular complexity index is 429. The Kier molecular flexibility index (Phi) is 3.22. The van der Waals surface area contributed by atoms with Crippen LogP contribution in [0.2, 0.25) is 0 Å². The van der Waals surface area contributed by atoms with Gasteiger partial charge in [0.1, 0.15) is 11.4 Å². The van der Waals surface area contributed by atoms with Crippen LogP contribution < -0.4 is 15.0 Å². The fourth-order valence-electron chi connectivity index (χ4n) is 1.91. The van der Waals surface area contributed by atoms with E-state index in [1.807, 2.05) is 39.1 Å². The van der Waals surface area contributed by atoms with Gasteiger partial charge in [-0.3, -0.25) is 4.79 Å². The second-order valence-electron chi connectivity index (χ2n) is 4.54. The predicted octanol–water partition coefficient (Wildman–Crippen LogP) is 2.25. The Labute approximate surface area is 102 Å². The number of ether oxygens (including phenoxy) is 1. The first-order valence-electron chi connectivity index (χ1n) is 5.88. The number of fused-ring (bicyclic) bond motifs is 1. The van der Waals surface area contributed by atoms with E-state index in [-0.39, 0.29) is 12.0 Å². The highest BCUT2D eigenvalue weighted by atomic mass is 16.5. The summed E-state index contributed by atoms with van der Waals surface area (Å²) in [6.45, 7) is 4.67. The van der Waals surface area contributed by atoms with Crippen molar-refractivity contribution in [1.29, 1.82) is 0 Å². The summed E-state index contributed by atoms with van der Waals surface area (Å²) in [4.78, 5) is 13.7. The Balaban J connectivity index is 2.43. The van der Waals surface area contributed by atoms with Crippen molar-refractivity contribution >= 4 is 17.3 Å². The Morgan fingerprint density at radius 2 is 2.18 bits per heavy atom. The number of carbonyl (C=O) groups is 1. The molecule has 4 nitrogen and oxygen atoms in total. The number of hydrogen-bond acceptors (Lipinski definition) is 3. The van der Waals surface area contributed by atoms with Crippen molar-refractivity contribution in [3.8, 4) is 5.75 Å². The van der Waals surface area contributed by atoms with E-state index in [1.54, 1.807) is 0 Å². The summed E-state index contributed by atoms with van der Waals surface area (Å²) in [5.41, 5.74) is 1.79. The lowest BCUT2D eigenvalue weighted by molar-refractivity contribution is -0.115. The van der Waals surface area contributed by atoms with Gasteiger partial charge in [0.05, 0.1) is 11.8 Å². The molecule has 0 aromatic heterocycles. The average molecular weight is 234 g/mol. The lowest BCUT2D eigenvalue weighted by Crippen LogP contribution is -2.18. The Morgan fingerprint density at radius 1 is 1.41 bits per heavy atom. The summed E-state index contributed by atoms with van der Waals surface area (Å²) in [6.07, 6.45) is 0.596. The summed E-state index contributed by atoms with van der Waals surface area (Å²) < 4.78 is 5.72. The zero-order chi connectivity index (χ0) is 12.4. The number of rotatable bonds is 2. The number of nitrogens with zero attached hydrogens (tertiary/aromatic N) is 1. The minimum Gasteiger partial charge on any atom is -0.489 e. The van der Waals surface area contributed by atoms with E-state index in [0.29, 0.717) is 6.42 Å². The molecular weight excluding hydrogens is 216 g/mol. The first kappa shape index (κ1) is 11.8. The second-order valence-corrected chi connectivity index (χ2v) is 4.54. The van der Waals surface area contributed by atoms with E-state index in [9.17, 15) is 4.79 Å². The third kappa shape index (κ3) is 2.52. The third-order valence-corrected chi connectivity index (χ3v) is 2.72. The molecule has 0 bridgehead atoms. The van der Waals surface area contributed by atoms with Crippen LogP contribution in [-0.4, -0.2) is 25.6 Å². The molecule has 0 unspecified atom stereocenters. The number of hydrogen-bond donors (Lipinski definition) is 1. The second kappa shape index (κ2) is 4.65. The van der Waals surface area contributed by atoms with E-state index >= 15 is 0 Å². The molecule has 0 radical (unpaired) electrons. The molecule has 1 aliphatic rings. The van der Waals surface area contributed by atoms with Crippen LogP contribution in [0.1, 0.15) is 20.3 Å². The number of anilines is 2. The zero-order valence-corrected chi connectivity index (χ0v) is 10.5. The highest BCUT2D eigenvalue weighted by molar-refractivity contribution is 5.98. The van der Waals surface area contributed by atoms with Crippen molar-refractivity contribution in [3.05, 3.63) is 18.2 Å². The van der Waals surface area contributed by atoms with Gasteiger partial charge >= 0.3 is 0 Å². The van der Waals surface area contributed by atoms with Crippen LogP contribution in [0.5, 0.6) is 5.75 Å². The van der Waals surface area contributed by atoms with Crippen LogP contribution >= 0.6 is 0 Å². The number of benzene rings is 1. The highest BCUT2D eigenvalue weighted by Crippen LogP contribution is 2.36. The van der Waals surface area contributed by atoms with Crippen LogP contribution in [0.25, 0.3) is 0 Å². The standard InChI is InChI=1S/C13H18N2O2/c1-9(2)17-11-6-4-5-10-13(11)14-12(16)7-8-15(10)3/h4-6,9H,7-8H2,1-3H3,(H,14,16). The van der Waals surface area contributed by atoms with Gasteiger partial charge in [0.2, 0.25) is 5.91 Å². The maximum atomic E-state index is 11.6. The maximum absolute atomic E-state index is 11.6. The Hall–Kier alpha value is -1.71. The van der Waals surface area contributed by atoms with E-state index in [4.69, 9.17) is 4.74 Å². The quantitative estimate of drug-likeness (QED) is 0.853. The highest BCUT2D eigenvalue weighted by Gasteiger charge is 2.20. The summed E-state index contributed by atoms with van der Waals surface area (Å²) in [5.74, 6) is 0.773. The SMILES string of the molecule is CC(C)Oc1cccc2c1NC(=O)CCN2C. The van der Waals surface area contributed by atoms with Crippen molar-refractivity contribution in [2.24, 2.45) is 0 Å². The number of para-hydroxylation sites is 1. The van der Waals surface area contributed by atoms with E-state index in [0.717, 1.165) is 23.7 Å². The van der Waals surface area contributed by atoms with Crippen LogP contribution in [0.4, 0.5) is 11.4 Å². The molecule has 1 aliphatic heterocycles. The number of amides is 1. The number of nitrogens with one attached hydrogen (secondary N) is 1. The van der Waals surface area contributed by atoms with Crippen molar-refractivity contribution < 1.29 is 9.53 Å². The van der Waals surface area contributed by atoms with Crippen molar-refractivity contribution in [2.45, 2.75) is 26.4 Å².